The van der Waals surface area contributed by atoms with E-state index in [1.807, 2.05) is 0 Å². The van der Waals surface area contributed by atoms with Gasteiger partial charge in [-0.1, -0.05) is 0 Å². The molecule has 2 rings (SSSR count). The fourth-order valence-electron chi connectivity index (χ4n) is 3.07. The zero-order valence-electron chi connectivity index (χ0n) is 15.1. The highest BCUT2D eigenvalue weighted by Gasteiger charge is 2.20. The molecule has 6 heteroatoms. The number of carbonyl (C=O) groups is 1. The number of methoxy groups -OCH3 is 3. The van der Waals surface area contributed by atoms with E-state index in [1.165, 1.54) is 0 Å². The van der Waals surface area contributed by atoms with E-state index in [1.54, 1.807) is 45.4 Å². The summed E-state index contributed by atoms with van der Waals surface area (Å²) in [6.45, 7) is 2.11. The maximum Gasteiger partial charge on any atom is 0.226 e. The Hall–Kier alpha value is -1.95. The molecule has 0 unspecified atom stereocenters. The second-order valence-corrected chi connectivity index (χ2v) is 6.07. The molecule has 1 aromatic rings. The average molecular weight is 336 g/mol. The first-order chi connectivity index (χ1) is 11.6. The van der Waals surface area contributed by atoms with Crippen LogP contribution in [0.1, 0.15) is 25.7 Å². The van der Waals surface area contributed by atoms with Gasteiger partial charge >= 0.3 is 0 Å². The number of carbonyl (C=O) groups excluding carboxylic acids is 1. The number of hydrogen-bond acceptors (Lipinski definition) is 5. The summed E-state index contributed by atoms with van der Waals surface area (Å²) >= 11 is 0. The summed E-state index contributed by atoms with van der Waals surface area (Å²) in [6.07, 6.45) is 3.80. The number of rotatable bonds is 7. The van der Waals surface area contributed by atoms with Crippen molar-refractivity contribution in [2.24, 2.45) is 5.92 Å². The largest absolute Gasteiger partial charge is 0.493 e. The molecule has 0 saturated carbocycles. The van der Waals surface area contributed by atoms with Crippen LogP contribution < -0.4 is 24.4 Å². The highest BCUT2D eigenvalue weighted by Crippen LogP contribution is 2.41. The molecule has 24 heavy (non-hydrogen) atoms. The van der Waals surface area contributed by atoms with E-state index in [0.29, 0.717) is 29.6 Å². The Morgan fingerprint density at radius 2 is 1.71 bits per heavy atom. The number of ether oxygens (including phenoxy) is 3. The number of amides is 1. The Bertz CT molecular complexity index is 531. The Kier molecular flexibility index (Phi) is 6.73. The molecule has 0 radical (unpaired) electrons. The predicted molar refractivity (Wildman–Crippen MR) is 94.3 cm³/mol. The van der Waals surface area contributed by atoms with Gasteiger partial charge < -0.3 is 24.4 Å². The number of piperidine rings is 1. The summed E-state index contributed by atoms with van der Waals surface area (Å²) < 4.78 is 16.0. The molecule has 1 aliphatic heterocycles. The normalized spacial score (nSPS) is 15.0. The van der Waals surface area contributed by atoms with Crippen molar-refractivity contribution < 1.29 is 19.0 Å². The lowest BCUT2D eigenvalue weighted by atomic mass is 9.93. The van der Waals surface area contributed by atoms with E-state index >= 15 is 0 Å². The van der Waals surface area contributed by atoms with Crippen molar-refractivity contribution in [3.8, 4) is 17.2 Å². The number of hydrogen-bond donors (Lipinski definition) is 1. The Morgan fingerprint density at radius 3 is 2.21 bits per heavy atom. The fourth-order valence-corrected chi connectivity index (χ4v) is 3.07. The van der Waals surface area contributed by atoms with E-state index in [4.69, 9.17) is 14.2 Å². The topological polar surface area (TPSA) is 60.0 Å². The van der Waals surface area contributed by atoms with Gasteiger partial charge in [0, 0.05) is 25.6 Å². The monoisotopic (exact) mass is 336 g/mol. The molecule has 0 bridgehead atoms. The second kappa shape index (κ2) is 8.78. The lowest BCUT2D eigenvalue weighted by molar-refractivity contribution is -0.118. The third kappa shape index (κ3) is 4.32. The molecule has 1 aliphatic rings. The van der Waals surface area contributed by atoms with Crippen LogP contribution in [-0.2, 0) is 4.79 Å². The molecule has 0 aromatic heterocycles. The van der Waals surface area contributed by atoms with Gasteiger partial charge in [-0.25, -0.2) is 0 Å². The Balaban J connectivity index is 2.07. The summed E-state index contributed by atoms with van der Waals surface area (Å²) in [5.74, 6) is 2.36. The Morgan fingerprint density at radius 1 is 1.12 bits per heavy atom. The van der Waals surface area contributed by atoms with Crippen LogP contribution in [0.3, 0.4) is 0 Å². The molecule has 0 aliphatic carbocycles. The van der Waals surface area contributed by atoms with E-state index in [2.05, 4.69) is 5.32 Å². The van der Waals surface area contributed by atoms with Crippen molar-refractivity contribution in [2.45, 2.75) is 25.7 Å². The summed E-state index contributed by atoms with van der Waals surface area (Å²) in [7, 11) is 6.49. The van der Waals surface area contributed by atoms with Gasteiger partial charge in [-0.2, -0.15) is 0 Å². The van der Waals surface area contributed by atoms with E-state index < -0.39 is 0 Å². The van der Waals surface area contributed by atoms with Crippen LogP contribution in [0.25, 0.3) is 0 Å². The zero-order chi connectivity index (χ0) is 17.5. The average Bonchev–Trinajstić information content (AvgIpc) is 2.64. The van der Waals surface area contributed by atoms with Gasteiger partial charge in [0.25, 0.3) is 0 Å². The molecule has 6 nitrogen and oxygen atoms in total. The molecule has 1 saturated heterocycles. The zero-order valence-corrected chi connectivity index (χ0v) is 15.1. The molecule has 0 spiro atoms. The summed E-state index contributed by atoms with van der Waals surface area (Å²) in [4.78, 5) is 14.2. The summed E-state index contributed by atoms with van der Waals surface area (Å²) in [6, 6.07) is 3.59. The van der Waals surface area contributed by atoms with Crippen molar-refractivity contribution in [2.75, 3.05) is 46.4 Å². The van der Waals surface area contributed by atoms with Crippen LogP contribution in [0.5, 0.6) is 17.2 Å². The minimum absolute atomic E-state index is 0.0998. The van der Waals surface area contributed by atoms with Gasteiger partial charge in [0.05, 0.1) is 27.0 Å². The maximum absolute atomic E-state index is 12.5. The molecular weight excluding hydrogens is 308 g/mol. The minimum Gasteiger partial charge on any atom is -0.493 e. The summed E-state index contributed by atoms with van der Waals surface area (Å²) in [5.41, 5.74) is 0.736. The van der Waals surface area contributed by atoms with Gasteiger partial charge in [-0.3, -0.25) is 4.79 Å². The van der Waals surface area contributed by atoms with E-state index in [0.717, 1.165) is 38.0 Å². The van der Waals surface area contributed by atoms with Gasteiger partial charge in [0.2, 0.25) is 11.7 Å². The first-order valence-electron chi connectivity index (χ1n) is 8.38. The first-order valence-corrected chi connectivity index (χ1v) is 8.38. The molecule has 1 aromatic carbocycles. The Labute approximate surface area is 144 Å². The highest BCUT2D eigenvalue weighted by atomic mass is 16.5. The smallest absolute Gasteiger partial charge is 0.226 e. The second-order valence-electron chi connectivity index (χ2n) is 6.07. The summed E-state index contributed by atoms with van der Waals surface area (Å²) in [5, 5.41) is 3.35. The van der Waals surface area contributed by atoms with Gasteiger partial charge in [-0.05, 0) is 38.3 Å². The van der Waals surface area contributed by atoms with Crippen molar-refractivity contribution in [1.29, 1.82) is 0 Å². The quantitative estimate of drug-likeness (QED) is 0.829. The van der Waals surface area contributed by atoms with Gasteiger partial charge in [0.15, 0.2) is 11.5 Å². The molecule has 1 heterocycles. The van der Waals surface area contributed by atoms with Crippen LogP contribution in [0.2, 0.25) is 0 Å². The lowest BCUT2D eigenvalue weighted by Crippen LogP contribution is -2.30. The fraction of sp³-hybridized carbons (Fsp3) is 0.611. The number of nitrogens with one attached hydrogen (secondary N) is 1. The molecule has 1 amide bonds. The van der Waals surface area contributed by atoms with Crippen molar-refractivity contribution in [3.63, 3.8) is 0 Å². The maximum atomic E-state index is 12.5. The number of anilines is 1. The molecule has 1 N–H and O–H groups in total. The number of nitrogens with zero attached hydrogens (tertiary/aromatic N) is 1. The standard InChI is InChI=1S/C18H28N2O4/c1-20(17(21)6-5-13-7-9-19-10-8-13)14-11-15(22-2)18(24-4)16(12-14)23-3/h11-13,19H,5-10H2,1-4H3. The van der Waals surface area contributed by atoms with Crippen LogP contribution in [0.4, 0.5) is 5.69 Å². The predicted octanol–water partition coefficient (Wildman–Crippen LogP) is 2.46. The van der Waals surface area contributed by atoms with Crippen LogP contribution in [-0.4, -0.2) is 47.4 Å². The van der Waals surface area contributed by atoms with Crippen molar-refractivity contribution in [1.82, 2.24) is 5.32 Å². The van der Waals surface area contributed by atoms with Crippen molar-refractivity contribution >= 4 is 11.6 Å². The van der Waals surface area contributed by atoms with E-state index in [-0.39, 0.29) is 5.91 Å². The molecule has 1 fully saturated rings. The van der Waals surface area contributed by atoms with Crippen LogP contribution in [0, 0.1) is 5.92 Å². The SMILES string of the molecule is COc1cc(N(C)C(=O)CCC2CCNCC2)cc(OC)c1OC. The van der Waals surface area contributed by atoms with Crippen LogP contribution >= 0.6 is 0 Å². The lowest BCUT2D eigenvalue weighted by Gasteiger charge is -2.24. The van der Waals surface area contributed by atoms with E-state index in [9.17, 15) is 4.79 Å². The van der Waals surface area contributed by atoms with Crippen LogP contribution in [0.15, 0.2) is 12.1 Å². The highest BCUT2D eigenvalue weighted by molar-refractivity contribution is 5.93. The molecular formula is C18H28N2O4. The molecule has 0 atom stereocenters. The third-order valence-electron chi connectivity index (χ3n) is 4.64. The third-order valence-corrected chi connectivity index (χ3v) is 4.64. The van der Waals surface area contributed by atoms with Gasteiger partial charge in [-0.15, -0.1) is 0 Å². The minimum atomic E-state index is 0.0998. The molecule has 134 valence electrons. The van der Waals surface area contributed by atoms with Crippen molar-refractivity contribution in [3.05, 3.63) is 12.1 Å². The number of benzene rings is 1. The first kappa shape index (κ1) is 18.4. The van der Waals surface area contributed by atoms with Gasteiger partial charge in [0.1, 0.15) is 0 Å².